The number of imidazole rings is 1. The van der Waals surface area contributed by atoms with Gasteiger partial charge in [0.15, 0.2) is 23.4 Å². The summed E-state index contributed by atoms with van der Waals surface area (Å²) in [6, 6.07) is 10.9. The number of oxazole rings is 1. The highest BCUT2D eigenvalue weighted by Gasteiger charge is 2.14. The molecule has 0 aliphatic rings. The van der Waals surface area contributed by atoms with Crippen molar-refractivity contribution in [2.24, 2.45) is 0 Å². The molecule has 6 aromatic rings. The molecule has 0 unspecified atom stereocenters. The predicted molar refractivity (Wildman–Crippen MR) is 127 cm³/mol. The van der Waals surface area contributed by atoms with Crippen LogP contribution >= 0.6 is 11.6 Å². The minimum absolute atomic E-state index is 0.205. The third-order valence-corrected chi connectivity index (χ3v) is 5.85. The third-order valence-electron chi connectivity index (χ3n) is 5.63. The highest BCUT2D eigenvalue weighted by Crippen LogP contribution is 2.27. The van der Waals surface area contributed by atoms with Crippen LogP contribution in [-0.4, -0.2) is 35.4 Å². The van der Waals surface area contributed by atoms with Gasteiger partial charge in [0.25, 0.3) is 5.91 Å². The SMILES string of the molecule is Nc1ncnc2c1ncn2Cc1cc(Cl)cc2cc(CNC(=O)c3ccc4ocnc4c3)[nH]c12. The summed E-state index contributed by atoms with van der Waals surface area (Å²) >= 11 is 6.39. The number of rotatable bonds is 5. The van der Waals surface area contributed by atoms with Gasteiger partial charge in [-0.1, -0.05) is 11.6 Å². The number of nitrogens with zero attached hydrogens (tertiary/aromatic N) is 5. The van der Waals surface area contributed by atoms with Crippen molar-refractivity contribution in [2.45, 2.75) is 13.1 Å². The number of carbonyl (C=O) groups is 1. The van der Waals surface area contributed by atoms with Crippen molar-refractivity contribution in [3.63, 3.8) is 0 Å². The van der Waals surface area contributed by atoms with E-state index in [9.17, 15) is 4.79 Å². The van der Waals surface area contributed by atoms with Crippen molar-refractivity contribution >= 4 is 56.5 Å². The molecule has 0 bridgehead atoms. The molecule has 0 fully saturated rings. The molecule has 10 nitrogen and oxygen atoms in total. The van der Waals surface area contributed by atoms with Crippen LogP contribution in [0.5, 0.6) is 0 Å². The third kappa shape index (κ3) is 3.50. The molecular formula is C23H17ClN8O2. The average molecular weight is 473 g/mol. The zero-order chi connectivity index (χ0) is 23.2. The standard InChI is InChI=1S/C23H17ClN8O2/c24-15-3-13-5-16(7-26-23(33)12-1-2-18-17(6-12)30-11-34-18)31-19(13)14(4-15)8-32-10-29-20-21(25)27-9-28-22(20)32/h1-6,9-11,31H,7-8H2,(H,26,33)(H2,25,27,28). The van der Waals surface area contributed by atoms with E-state index in [1.54, 1.807) is 24.5 Å². The van der Waals surface area contributed by atoms with Crippen molar-refractivity contribution in [1.82, 2.24) is 34.8 Å². The fourth-order valence-corrected chi connectivity index (χ4v) is 4.28. The molecule has 0 radical (unpaired) electrons. The first-order chi connectivity index (χ1) is 16.5. The monoisotopic (exact) mass is 472 g/mol. The van der Waals surface area contributed by atoms with Crippen molar-refractivity contribution in [3.8, 4) is 0 Å². The number of H-pyrrole nitrogens is 1. The lowest BCUT2D eigenvalue weighted by Gasteiger charge is -2.07. The van der Waals surface area contributed by atoms with Gasteiger partial charge in [-0.25, -0.2) is 19.9 Å². The lowest BCUT2D eigenvalue weighted by atomic mass is 10.1. The van der Waals surface area contributed by atoms with Gasteiger partial charge in [0.1, 0.15) is 17.4 Å². The Morgan fingerprint density at radius 1 is 1.15 bits per heavy atom. The number of halogens is 1. The highest BCUT2D eigenvalue weighted by molar-refractivity contribution is 6.31. The quantitative estimate of drug-likeness (QED) is 0.347. The van der Waals surface area contributed by atoms with Crippen LogP contribution in [-0.2, 0) is 13.1 Å². The Hall–Kier alpha value is -4.44. The van der Waals surface area contributed by atoms with E-state index in [1.165, 1.54) is 12.7 Å². The Balaban J connectivity index is 1.26. The van der Waals surface area contributed by atoms with E-state index in [-0.39, 0.29) is 5.91 Å². The lowest BCUT2D eigenvalue weighted by Crippen LogP contribution is -2.22. The number of benzene rings is 2. The number of carbonyl (C=O) groups excluding carboxylic acids is 1. The van der Waals surface area contributed by atoms with Gasteiger partial charge < -0.3 is 25.0 Å². The molecule has 11 heteroatoms. The second-order valence-corrected chi connectivity index (χ2v) is 8.28. The van der Waals surface area contributed by atoms with E-state index in [2.05, 4.69) is 30.2 Å². The van der Waals surface area contributed by atoms with Gasteiger partial charge in [-0.3, -0.25) is 4.79 Å². The van der Waals surface area contributed by atoms with Crippen LogP contribution in [0, 0.1) is 0 Å². The Morgan fingerprint density at radius 2 is 2.06 bits per heavy atom. The summed E-state index contributed by atoms with van der Waals surface area (Å²) in [6.07, 6.45) is 4.45. The normalized spacial score (nSPS) is 11.6. The first kappa shape index (κ1) is 20.2. The van der Waals surface area contributed by atoms with Crippen molar-refractivity contribution in [2.75, 3.05) is 5.73 Å². The summed E-state index contributed by atoms with van der Waals surface area (Å²) in [5.41, 5.74) is 11.6. The van der Waals surface area contributed by atoms with Gasteiger partial charge in [0, 0.05) is 21.7 Å². The minimum atomic E-state index is -0.205. The number of aromatic amines is 1. The van der Waals surface area contributed by atoms with Crippen LogP contribution in [0.25, 0.3) is 33.2 Å². The summed E-state index contributed by atoms with van der Waals surface area (Å²) in [4.78, 5) is 32.8. The van der Waals surface area contributed by atoms with Crippen LogP contribution < -0.4 is 11.1 Å². The molecule has 0 atom stereocenters. The maximum atomic E-state index is 12.6. The molecule has 0 saturated carbocycles. The van der Waals surface area contributed by atoms with Gasteiger partial charge in [0.05, 0.1) is 24.9 Å². The van der Waals surface area contributed by atoms with E-state index in [4.69, 9.17) is 21.8 Å². The topological polar surface area (TPSA) is 141 Å². The number of hydrogen-bond acceptors (Lipinski definition) is 7. The maximum Gasteiger partial charge on any atom is 0.251 e. The summed E-state index contributed by atoms with van der Waals surface area (Å²) in [5, 5.41) is 4.48. The summed E-state index contributed by atoms with van der Waals surface area (Å²) in [5.74, 6) is 0.129. The van der Waals surface area contributed by atoms with E-state index in [0.717, 1.165) is 22.2 Å². The average Bonchev–Trinajstić information content (AvgIpc) is 3.56. The van der Waals surface area contributed by atoms with Crippen LogP contribution in [0.15, 0.2) is 59.9 Å². The van der Waals surface area contributed by atoms with Gasteiger partial charge >= 0.3 is 0 Å². The first-order valence-corrected chi connectivity index (χ1v) is 10.8. The Morgan fingerprint density at radius 3 is 2.97 bits per heavy atom. The number of nitrogens with two attached hydrogens (primary N) is 1. The zero-order valence-electron chi connectivity index (χ0n) is 17.6. The van der Waals surface area contributed by atoms with Crippen LogP contribution in [0.2, 0.25) is 5.02 Å². The Bertz CT molecular complexity index is 1700. The number of nitrogen functional groups attached to an aromatic ring is 1. The van der Waals surface area contributed by atoms with Crippen LogP contribution in [0.1, 0.15) is 21.6 Å². The molecule has 0 aliphatic carbocycles. The molecule has 4 aromatic heterocycles. The van der Waals surface area contributed by atoms with Crippen LogP contribution in [0.3, 0.4) is 0 Å². The van der Waals surface area contributed by atoms with Gasteiger partial charge in [-0.2, -0.15) is 0 Å². The summed E-state index contributed by atoms with van der Waals surface area (Å²) < 4.78 is 7.12. The molecule has 0 aliphatic heterocycles. The highest BCUT2D eigenvalue weighted by atomic mass is 35.5. The Labute approximate surface area is 196 Å². The number of amides is 1. The number of aromatic nitrogens is 6. The van der Waals surface area contributed by atoms with E-state index in [0.29, 0.717) is 51.8 Å². The van der Waals surface area contributed by atoms with Gasteiger partial charge in [0.2, 0.25) is 0 Å². The molecule has 4 N–H and O–H groups in total. The smallest absolute Gasteiger partial charge is 0.251 e. The molecule has 168 valence electrons. The molecule has 1 amide bonds. The number of nitrogens with one attached hydrogen (secondary N) is 2. The van der Waals surface area contributed by atoms with E-state index in [1.807, 2.05) is 22.8 Å². The van der Waals surface area contributed by atoms with Gasteiger partial charge in [-0.05, 0) is 42.0 Å². The fourth-order valence-electron chi connectivity index (χ4n) is 4.03. The molecule has 0 spiro atoms. The van der Waals surface area contributed by atoms with Gasteiger partial charge in [-0.15, -0.1) is 0 Å². The second kappa shape index (κ2) is 7.85. The molecule has 4 heterocycles. The zero-order valence-corrected chi connectivity index (χ0v) is 18.4. The largest absolute Gasteiger partial charge is 0.443 e. The molecule has 34 heavy (non-hydrogen) atoms. The molecule has 6 rings (SSSR count). The maximum absolute atomic E-state index is 12.6. The molecular weight excluding hydrogens is 456 g/mol. The predicted octanol–water partition coefficient (Wildman–Crippen LogP) is 3.66. The fraction of sp³-hybridized carbons (Fsp3) is 0.0870. The summed E-state index contributed by atoms with van der Waals surface area (Å²) in [7, 11) is 0. The lowest BCUT2D eigenvalue weighted by molar-refractivity contribution is 0.0950. The van der Waals surface area contributed by atoms with Crippen molar-refractivity contribution in [1.29, 1.82) is 0 Å². The summed E-state index contributed by atoms with van der Waals surface area (Å²) in [6.45, 7) is 0.799. The van der Waals surface area contributed by atoms with E-state index < -0.39 is 0 Å². The first-order valence-electron chi connectivity index (χ1n) is 10.4. The number of fused-ring (bicyclic) bond motifs is 3. The second-order valence-electron chi connectivity index (χ2n) is 7.84. The van der Waals surface area contributed by atoms with Crippen LogP contribution in [0.4, 0.5) is 5.82 Å². The Kier molecular flexibility index (Phi) is 4.66. The van der Waals surface area contributed by atoms with E-state index >= 15 is 0 Å². The number of anilines is 1. The number of hydrogen-bond donors (Lipinski definition) is 3. The molecule has 2 aromatic carbocycles. The molecule has 0 saturated heterocycles. The minimum Gasteiger partial charge on any atom is -0.443 e. The van der Waals surface area contributed by atoms with Crippen molar-refractivity contribution in [3.05, 3.63) is 77.3 Å². The van der Waals surface area contributed by atoms with Crippen molar-refractivity contribution < 1.29 is 9.21 Å².